The Hall–Kier alpha value is -1.38. The number of likely N-dealkylation sites (tertiary alicyclic amines) is 1. The van der Waals surface area contributed by atoms with Crippen molar-refractivity contribution in [3.05, 3.63) is 24.2 Å². The molecule has 0 radical (unpaired) electrons. The Morgan fingerprint density at radius 1 is 1.27 bits per heavy atom. The van der Waals surface area contributed by atoms with Crippen molar-refractivity contribution in [2.24, 2.45) is 11.8 Å². The predicted molar refractivity (Wildman–Crippen MR) is 98.9 cm³/mol. The van der Waals surface area contributed by atoms with Crippen LogP contribution >= 0.6 is 0 Å². The topological polar surface area (TPSA) is 82.9 Å². The highest BCUT2D eigenvalue weighted by Gasteiger charge is 2.28. The Morgan fingerprint density at radius 2 is 2.04 bits per heavy atom. The lowest BCUT2D eigenvalue weighted by Crippen LogP contribution is -2.45. The summed E-state index contributed by atoms with van der Waals surface area (Å²) < 4.78 is 30.3. The molecule has 2 aliphatic heterocycles. The first kappa shape index (κ1) is 19.4. The molecule has 0 aliphatic carbocycles. The average molecular weight is 384 g/mol. The number of sulfonamides is 1. The predicted octanol–water partition coefficient (Wildman–Crippen LogP) is 1.28. The second-order valence-electron chi connectivity index (χ2n) is 7.50. The van der Waals surface area contributed by atoms with E-state index in [0.29, 0.717) is 19.6 Å². The lowest BCUT2D eigenvalue weighted by Gasteiger charge is -2.33. The fourth-order valence-corrected chi connectivity index (χ4v) is 4.80. The SMILES string of the molecule is CS(=O)(=O)N1CCC[C@H](CNC(=O)C2CCN(Cc3ccco3)CC2)C1. The number of furan rings is 1. The summed E-state index contributed by atoms with van der Waals surface area (Å²) in [6.07, 6.45) is 6.47. The Bertz CT molecular complexity index is 681. The van der Waals surface area contributed by atoms with Gasteiger partial charge in [0.05, 0.1) is 19.1 Å². The third kappa shape index (κ3) is 5.31. The van der Waals surface area contributed by atoms with Crippen molar-refractivity contribution >= 4 is 15.9 Å². The van der Waals surface area contributed by atoms with E-state index in [1.54, 1.807) is 6.26 Å². The van der Waals surface area contributed by atoms with Crippen LogP contribution in [0.2, 0.25) is 0 Å². The van der Waals surface area contributed by atoms with Crippen molar-refractivity contribution in [2.75, 3.05) is 39.0 Å². The van der Waals surface area contributed by atoms with Crippen LogP contribution in [0.15, 0.2) is 22.8 Å². The van der Waals surface area contributed by atoms with Crippen LogP contribution < -0.4 is 5.32 Å². The monoisotopic (exact) mass is 383 g/mol. The fraction of sp³-hybridized carbons (Fsp3) is 0.722. The van der Waals surface area contributed by atoms with Crippen molar-refractivity contribution in [1.82, 2.24) is 14.5 Å². The van der Waals surface area contributed by atoms with E-state index in [4.69, 9.17) is 4.42 Å². The molecule has 2 fully saturated rings. The Balaban J connectivity index is 1.39. The maximum Gasteiger partial charge on any atom is 0.223 e. The molecule has 3 heterocycles. The molecule has 2 saturated heterocycles. The number of amides is 1. The molecule has 8 heteroatoms. The van der Waals surface area contributed by atoms with E-state index in [2.05, 4.69) is 10.2 Å². The molecule has 1 amide bonds. The number of carbonyl (C=O) groups excluding carboxylic acids is 1. The molecule has 3 rings (SSSR count). The molecular formula is C18H29N3O4S. The molecule has 1 N–H and O–H groups in total. The van der Waals surface area contributed by atoms with Gasteiger partial charge in [0.2, 0.25) is 15.9 Å². The number of hydrogen-bond acceptors (Lipinski definition) is 5. The van der Waals surface area contributed by atoms with Crippen LogP contribution in [0.5, 0.6) is 0 Å². The molecule has 0 unspecified atom stereocenters. The van der Waals surface area contributed by atoms with Gasteiger partial charge in [-0.05, 0) is 56.8 Å². The normalized spacial score (nSPS) is 23.8. The van der Waals surface area contributed by atoms with Crippen molar-refractivity contribution in [3.8, 4) is 0 Å². The second-order valence-corrected chi connectivity index (χ2v) is 9.49. The number of nitrogens with one attached hydrogen (secondary N) is 1. The lowest BCUT2D eigenvalue weighted by molar-refractivity contribution is -0.126. The van der Waals surface area contributed by atoms with E-state index in [1.165, 1.54) is 10.6 Å². The number of rotatable bonds is 6. The van der Waals surface area contributed by atoms with Crippen LogP contribution in [-0.4, -0.2) is 62.5 Å². The van der Waals surface area contributed by atoms with Gasteiger partial charge in [-0.2, -0.15) is 0 Å². The maximum atomic E-state index is 12.5. The average Bonchev–Trinajstić information content (AvgIpc) is 3.13. The van der Waals surface area contributed by atoms with Crippen LogP contribution in [0.1, 0.15) is 31.4 Å². The van der Waals surface area contributed by atoms with Gasteiger partial charge < -0.3 is 9.73 Å². The van der Waals surface area contributed by atoms with Gasteiger partial charge in [-0.25, -0.2) is 12.7 Å². The molecule has 0 saturated carbocycles. The zero-order valence-corrected chi connectivity index (χ0v) is 16.2. The standard InChI is InChI=1S/C18H29N3O4S/c1-26(23,24)21-8-2-4-15(13-21)12-19-18(22)16-6-9-20(10-7-16)14-17-5-3-11-25-17/h3,5,11,15-16H,2,4,6-10,12-14H2,1H3,(H,19,22)/t15-/m1/s1. The van der Waals surface area contributed by atoms with Crippen molar-refractivity contribution in [2.45, 2.75) is 32.2 Å². The summed E-state index contributed by atoms with van der Waals surface area (Å²) in [6, 6.07) is 3.87. The van der Waals surface area contributed by atoms with Gasteiger partial charge >= 0.3 is 0 Å². The number of carbonyl (C=O) groups is 1. The highest BCUT2D eigenvalue weighted by atomic mass is 32.2. The van der Waals surface area contributed by atoms with Crippen LogP contribution in [0.25, 0.3) is 0 Å². The molecule has 7 nitrogen and oxygen atoms in total. The summed E-state index contributed by atoms with van der Waals surface area (Å²) in [7, 11) is -3.14. The maximum absolute atomic E-state index is 12.5. The number of hydrogen-bond donors (Lipinski definition) is 1. The van der Waals surface area contributed by atoms with Gasteiger partial charge in [0.15, 0.2) is 0 Å². The van der Waals surface area contributed by atoms with Crippen LogP contribution in [0.3, 0.4) is 0 Å². The molecule has 2 aliphatic rings. The number of piperidine rings is 2. The Morgan fingerprint density at radius 3 is 2.69 bits per heavy atom. The van der Waals surface area contributed by atoms with Crippen LogP contribution in [-0.2, 0) is 21.4 Å². The van der Waals surface area contributed by atoms with E-state index in [9.17, 15) is 13.2 Å². The van der Waals surface area contributed by atoms with E-state index < -0.39 is 10.0 Å². The fourth-order valence-electron chi connectivity index (χ4n) is 3.86. The summed E-state index contributed by atoms with van der Waals surface area (Å²) in [5.41, 5.74) is 0. The summed E-state index contributed by atoms with van der Waals surface area (Å²) in [5.74, 6) is 1.33. The largest absolute Gasteiger partial charge is 0.468 e. The van der Waals surface area contributed by atoms with Crippen molar-refractivity contribution in [3.63, 3.8) is 0 Å². The third-order valence-corrected chi connectivity index (χ3v) is 6.70. The first-order valence-corrected chi connectivity index (χ1v) is 11.2. The first-order chi connectivity index (χ1) is 12.4. The summed E-state index contributed by atoms with van der Waals surface area (Å²) in [6.45, 7) is 4.26. The zero-order valence-electron chi connectivity index (χ0n) is 15.4. The van der Waals surface area contributed by atoms with E-state index in [0.717, 1.165) is 51.1 Å². The van der Waals surface area contributed by atoms with Gasteiger partial charge in [0, 0.05) is 25.6 Å². The molecule has 0 aromatic carbocycles. The van der Waals surface area contributed by atoms with Gasteiger partial charge in [-0.15, -0.1) is 0 Å². The molecule has 1 atom stereocenters. The molecule has 1 aromatic heterocycles. The number of nitrogens with zero attached hydrogens (tertiary/aromatic N) is 2. The highest BCUT2D eigenvalue weighted by molar-refractivity contribution is 7.88. The van der Waals surface area contributed by atoms with Gasteiger partial charge in [0.1, 0.15) is 5.76 Å². The summed E-state index contributed by atoms with van der Waals surface area (Å²) in [4.78, 5) is 14.8. The summed E-state index contributed by atoms with van der Waals surface area (Å²) in [5, 5.41) is 3.06. The molecule has 0 spiro atoms. The molecular weight excluding hydrogens is 354 g/mol. The van der Waals surface area contributed by atoms with E-state index in [1.807, 2.05) is 12.1 Å². The lowest BCUT2D eigenvalue weighted by atomic mass is 9.94. The second kappa shape index (κ2) is 8.54. The summed E-state index contributed by atoms with van der Waals surface area (Å²) >= 11 is 0. The third-order valence-electron chi connectivity index (χ3n) is 5.43. The quantitative estimate of drug-likeness (QED) is 0.800. The van der Waals surface area contributed by atoms with Gasteiger partial charge in [0.25, 0.3) is 0 Å². The van der Waals surface area contributed by atoms with Gasteiger partial charge in [-0.1, -0.05) is 0 Å². The molecule has 0 bridgehead atoms. The Kier molecular flexibility index (Phi) is 6.37. The minimum Gasteiger partial charge on any atom is -0.468 e. The highest BCUT2D eigenvalue weighted by Crippen LogP contribution is 2.21. The first-order valence-electron chi connectivity index (χ1n) is 9.39. The minimum absolute atomic E-state index is 0.0532. The van der Waals surface area contributed by atoms with Crippen molar-refractivity contribution < 1.29 is 17.6 Å². The van der Waals surface area contributed by atoms with E-state index >= 15 is 0 Å². The van der Waals surface area contributed by atoms with Crippen LogP contribution in [0.4, 0.5) is 0 Å². The minimum atomic E-state index is -3.14. The smallest absolute Gasteiger partial charge is 0.223 e. The molecule has 1 aromatic rings. The Labute approximate surface area is 155 Å². The van der Waals surface area contributed by atoms with E-state index in [-0.39, 0.29) is 17.7 Å². The van der Waals surface area contributed by atoms with Crippen molar-refractivity contribution in [1.29, 1.82) is 0 Å². The molecule has 146 valence electrons. The van der Waals surface area contributed by atoms with Gasteiger partial charge in [-0.3, -0.25) is 9.69 Å². The zero-order chi connectivity index (χ0) is 18.6. The van der Waals surface area contributed by atoms with Crippen LogP contribution in [0, 0.1) is 11.8 Å². The molecule has 26 heavy (non-hydrogen) atoms.